The van der Waals surface area contributed by atoms with Crippen LogP contribution in [0.25, 0.3) is 22.3 Å². The lowest BCUT2D eigenvalue weighted by molar-refractivity contribution is 0.414. The number of methoxy groups -OCH3 is 1. The number of aryl methyl sites for hydroxylation is 1. The Morgan fingerprint density at radius 1 is 0.964 bits per heavy atom. The van der Waals surface area contributed by atoms with Crippen molar-refractivity contribution < 1.29 is 4.74 Å². The highest BCUT2D eigenvalue weighted by Crippen LogP contribution is 2.22. The van der Waals surface area contributed by atoms with Crippen molar-refractivity contribution in [2.75, 3.05) is 7.11 Å². The molecule has 138 valence electrons. The molecule has 0 amide bonds. The Morgan fingerprint density at radius 3 is 2.50 bits per heavy atom. The minimum Gasteiger partial charge on any atom is -0.496 e. The number of para-hydroxylation sites is 2. The molecule has 28 heavy (non-hydrogen) atoms. The Hall–Kier alpha value is -3.73. The highest BCUT2D eigenvalue weighted by Gasteiger charge is 2.13. The van der Waals surface area contributed by atoms with Crippen LogP contribution >= 0.6 is 0 Å². The standard InChI is InChI=1S/C23H19N3O2/c1-16-9-3-5-11-18(16)22-25-20-13-7-6-12-19(20)23(27)26(22)24-15-17-10-4-8-14-21(17)28-2/h3-15H,1-2H3/b24-15-. The Balaban J connectivity index is 1.97. The van der Waals surface area contributed by atoms with Crippen LogP contribution in [-0.4, -0.2) is 23.0 Å². The van der Waals surface area contributed by atoms with Gasteiger partial charge in [0.2, 0.25) is 0 Å². The van der Waals surface area contributed by atoms with Crippen LogP contribution in [0.4, 0.5) is 0 Å². The molecular weight excluding hydrogens is 350 g/mol. The molecule has 1 aromatic heterocycles. The summed E-state index contributed by atoms with van der Waals surface area (Å²) in [7, 11) is 1.61. The zero-order valence-electron chi connectivity index (χ0n) is 15.7. The van der Waals surface area contributed by atoms with E-state index in [1.54, 1.807) is 19.4 Å². The molecule has 0 atom stereocenters. The van der Waals surface area contributed by atoms with Crippen LogP contribution in [0.2, 0.25) is 0 Å². The molecule has 4 aromatic rings. The quantitative estimate of drug-likeness (QED) is 0.505. The molecule has 0 fully saturated rings. The summed E-state index contributed by atoms with van der Waals surface area (Å²) in [5.74, 6) is 1.19. The van der Waals surface area contributed by atoms with Gasteiger partial charge in [-0.15, -0.1) is 0 Å². The first kappa shape index (κ1) is 17.7. The predicted octanol–water partition coefficient (Wildman–Crippen LogP) is 4.26. The average Bonchev–Trinajstić information content (AvgIpc) is 2.73. The van der Waals surface area contributed by atoms with Gasteiger partial charge in [-0.3, -0.25) is 4.79 Å². The fraction of sp³-hybridized carbons (Fsp3) is 0.0870. The highest BCUT2D eigenvalue weighted by molar-refractivity contribution is 5.84. The molecule has 0 saturated heterocycles. The first-order valence-electron chi connectivity index (χ1n) is 8.94. The van der Waals surface area contributed by atoms with Gasteiger partial charge in [-0.1, -0.05) is 48.5 Å². The maximum Gasteiger partial charge on any atom is 0.282 e. The monoisotopic (exact) mass is 369 g/mol. The van der Waals surface area contributed by atoms with Gasteiger partial charge in [-0.25, -0.2) is 4.98 Å². The van der Waals surface area contributed by atoms with E-state index in [0.29, 0.717) is 22.5 Å². The maximum absolute atomic E-state index is 13.2. The van der Waals surface area contributed by atoms with Gasteiger partial charge in [0.15, 0.2) is 5.82 Å². The predicted molar refractivity (Wildman–Crippen MR) is 112 cm³/mol. The van der Waals surface area contributed by atoms with Crippen LogP contribution < -0.4 is 10.3 Å². The number of aromatic nitrogens is 2. The molecule has 0 spiro atoms. The Bertz CT molecular complexity index is 1240. The third-order valence-corrected chi connectivity index (χ3v) is 4.59. The van der Waals surface area contributed by atoms with Crippen LogP contribution in [-0.2, 0) is 0 Å². The van der Waals surface area contributed by atoms with Crippen LogP contribution in [0.15, 0.2) is 82.7 Å². The molecule has 5 heteroatoms. The lowest BCUT2D eigenvalue weighted by Crippen LogP contribution is -2.20. The van der Waals surface area contributed by atoms with Crippen LogP contribution in [0, 0.1) is 6.92 Å². The molecule has 5 nitrogen and oxygen atoms in total. The summed E-state index contributed by atoms with van der Waals surface area (Å²) >= 11 is 0. The van der Waals surface area contributed by atoms with Gasteiger partial charge in [-0.05, 0) is 36.8 Å². The lowest BCUT2D eigenvalue weighted by atomic mass is 10.1. The zero-order valence-corrected chi connectivity index (χ0v) is 15.7. The van der Waals surface area contributed by atoms with E-state index in [1.165, 1.54) is 4.68 Å². The van der Waals surface area contributed by atoms with Crippen molar-refractivity contribution in [3.05, 3.63) is 94.3 Å². The van der Waals surface area contributed by atoms with E-state index in [-0.39, 0.29) is 5.56 Å². The first-order chi connectivity index (χ1) is 13.7. The van der Waals surface area contributed by atoms with E-state index >= 15 is 0 Å². The van der Waals surface area contributed by atoms with E-state index in [2.05, 4.69) is 5.10 Å². The van der Waals surface area contributed by atoms with Gasteiger partial charge < -0.3 is 4.74 Å². The van der Waals surface area contributed by atoms with Crippen molar-refractivity contribution in [2.24, 2.45) is 5.10 Å². The normalized spacial score (nSPS) is 11.2. The number of hydrogen-bond acceptors (Lipinski definition) is 4. The SMILES string of the molecule is COc1ccccc1/C=N\n1c(-c2ccccc2C)nc2ccccc2c1=O. The van der Waals surface area contributed by atoms with Gasteiger partial charge in [0.1, 0.15) is 5.75 Å². The second-order valence-electron chi connectivity index (χ2n) is 6.37. The smallest absolute Gasteiger partial charge is 0.282 e. The number of nitrogens with zero attached hydrogens (tertiary/aromatic N) is 3. The number of fused-ring (bicyclic) bond motifs is 1. The van der Waals surface area contributed by atoms with Gasteiger partial charge in [0.05, 0.1) is 24.2 Å². The van der Waals surface area contributed by atoms with E-state index in [1.807, 2.05) is 73.7 Å². The average molecular weight is 369 g/mol. The summed E-state index contributed by atoms with van der Waals surface area (Å²) in [4.78, 5) is 17.9. The van der Waals surface area contributed by atoms with Gasteiger partial charge in [0, 0.05) is 11.1 Å². The van der Waals surface area contributed by atoms with Crippen LogP contribution in [0.5, 0.6) is 5.75 Å². The Labute approximate surface area is 162 Å². The summed E-state index contributed by atoms with van der Waals surface area (Å²) in [5, 5.41) is 5.01. The van der Waals surface area contributed by atoms with E-state index in [9.17, 15) is 4.79 Å². The molecule has 0 aliphatic rings. The van der Waals surface area contributed by atoms with E-state index in [0.717, 1.165) is 16.7 Å². The van der Waals surface area contributed by atoms with Gasteiger partial charge in [0.25, 0.3) is 5.56 Å². The molecule has 0 aliphatic heterocycles. The fourth-order valence-corrected chi connectivity index (χ4v) is 3.12. The lowest BCUT2D eigenvalue weighted by Gasteiger charge is -2.11. The number of benzene rings is 3. The third kappa shape index (κ3) is 3.18. The minimum atomic E-state index is -0.213. The Morgan fingerprint density at radius 2 is 1.68 bits per heavy atom. The minimum absolute atomic E-state index is 0.213. The molecule has 0 bridgehead atoms. The topological polar surface area (TPSA) is 56.5 Å². The number of hydrogen-bond donors (Lipinski definition) is 0. The zero-order chi connectivity index (χ0) is 19.5. The highest BCUT2D eigenvalue weighted by atomic mass is 16.5. The van der Waals surface area contributed by atoms with Crippen molar-refractivity contribution in [1.82, 2.24) is 9.66 Å². The van der Waals surface area contributed by atoms with E-state index in [4.69, 9.17) is 9.72 Å². The van der Waals surface area contributed by atoms with Crippen LogP contribution in [0.3, 0.4) is 0 Å². The Kier molecular flexibility index (Phi) is 4.72. The van der Waals surface area contributed by atoms with E-state index < -0.39 is 0 Å². The number of rotatable bonds is 4. The molecule has 1 heterocycles. The molecule has 0 radical (unpaired) electrons. The second kappa shape index (κ2) is 7.48. The van der Waals surface area contributed by atoms with Gasteiger partial charge in [-0.2, -0.15) is 9.78 Å². The summed E-state index contributed by atoms with van der Waals surface area (Å²) in [6.45, 7) is 1.99. The fourth-order valence-electron chi connectivity index (χ4n) is 3.12. The largest absolute Gasteiger partial charge is 0.496 e. The number of ether oxygens (including phenoxy) is 1. The van der Waals surface area contributed by atoms with Crippen molar-refractivity contribution in [1.29, 1.82) is 0 Å². The summed E-state index contributed by atoms with van der Waals surface area (Å²) < 4.78 is 6.73. The molecule has 3 aromatic carbocycles. The first-order valence-corrected chi connectivity index (χ1v) is 8.94. The molecule has 0 unspecified atom stereocenters. The van der Waals surface area contributed by atoms with Crippen molar-refractivity contribution in [3.8, 4) is 17.1 Å². The molecule has 0 saturated carbocycles. The van der Waals surface area contributed by atoms with Crippen molar-refractivity contribution in [2.45, 2.75) is 6.92 Å². The molecule has 4 rings (SSSR count). The molecule has 0 N–H and O–H groups in total. The van der Waals surface area contributed by atoms with Crippen molar-refractivity contribution >= 4 is 17.1 Å². The molecular formula is C23H19N3O2. The summed E-state index contributed by atoms with van der Waals surface area (Å²) in [6.07, 6.45) is 1.62. The second-order valence-corrected chi connectivity index (χ2v) is 6.37. The summed E-state index contributed by atoms with van der Waals surface area (Å²) in [6, 6.07) is 22.6. The summed E-state index contributed by atoms with van der Waals surface area (Å²) in [5.41, 5.74) is 3.10. The van der Waals surface area contributed by atoms with Crippen LogP contribution in [0.1, 0.15) is 11.1 Å². The van der Waals surface area contributed by atoms with Crippen molar-refractivity contribution in [3.63, 3.8) is 0 Å². The maximum atomic E-state index is 13.2. The van der Waals surface area contributed by atoms with Gasteiger partial charge >= 0.3 is 0 Å². The molecule has 0 aliphatic carbocycles. The third-order valence-electron chi connectivity index (χ3n) is 4.59.